The molecule has 0 aromatic rings. The predicted octanol–water partition coefficient (Wildman–Crippen LogP) is 0.680. The van der Waals surface area contributed by atoms with Gasteiger partial charge in [0.2, 0.25) is 0 Å². The Bertz CT molecular complexity index is 97.7. The summed E-state index contributed by atoms with van der Waals surface area (Å²) in [6.07, 6.45) is 1.88. The molecule has 0 amide bonds. The Balaban J connectivity index is 2.84. The highest BCUT2D eigenvalue weighted by Gasteiger charge is 1.93. The fourth-order valence-electron chi connectivity index (χ4n) is 0.540. The van der Waals surface area contributed by atoms with Crippen LogP contribution in [0.15, 0.2) is 0 Å². The third kappa shape index (κ3) is 7.72. The second-order valence-electron chi connectivity index (χ2n) is 1.97. The van der Waals surface area contributed by atoms with Gasteiger partial charge in [0.05, 0.1) is 6.54 Å². The van der Waals surface area contributed by atoms with Gasteiger partial charge < -0.3 is 10.4 Å². The quantitative estimate of drug-likeness (QED) is 0.450. The van der Waals surface area contributed by atoms with Gasteiger partial charge >= 0.3 is 5.97 Å². The molecular weight excluding hydrogens is 154 g/mol. The van der Waals surface area contributed by atoms with Gasteiger partial charge in [-0.15, -0.1) is 11.6 Å². The third-order valence-electron chi connectivity index (χ3n) is 1.01. The molecule has 0 aliphatic heterocycles. The summed E-state index contributed by atoms with van der Waals surface area (Å²) >= 11 is 5.40. The maximum Gasteiger partial charge on any atom is 0.317 e. The molecule has 0 aliphatic rings. The van der Waals surface area contributed by atoms with Gasteiger partial charge in [0.25, 0.3) is 0 Å². The molecular formula is C6H12ClNO2. The summed E-state index contributed by atoms with van der Waals surface area (Å²) in [6.45, 7) is 0.779. The van der Waals surface area contributed by atoms with Gasteiger partial charge in [0, 0.05) is 5.88 Å². The summed E-state index contributed by atoms with van der Waals surface area (Å²) < 4.78 is 0. The topological polar surface area (TPSA) is 49.3 Å². The zero-order valence-corrected chi connectivity index (χ0v) is 6.52. The van der Waals surface area contributed by atoms with Crippen molar-refractivity contribution in [3.05, 3.63) is 0 Å². The van der Waals surface area contributed by atoms with Crippen LogP contribution >= 0.6 is 11.6 Å². The van der Waals surface area contributed by atoms with E-state index >= 15 is 0 Å². The van der Waals surface area contributed by atoms with Crippen molar-refractivity contribution < 1.29 is 9.90 Å². The number of hydrogen-bond donors (Lipinski definition) is 2. The molecule has 0 radical (unpaired) electrons. The number of aliphatic carboxylic acids is 1. The second kappa shape index (κ2) is 6.83. The molecule has 4 heteroatoms. The van der Waals surface area contributed by atoms with Crippen molar-refractivity contribution in [1.82, 2.24) is 5.32 Å². The minimum absolute atomic E-state index is 0.0439. The van der Waals surface area contributed by atoms with Crippen molar-refractivity contribution in [1.29, 1.82) is 0 Å². The SMILES string of the molecule is O=C(O)CNCCCCCl. The van der Waals surface area contributed by atoms with Gasteiger partial charge in [-0.05, 0) is 19.4 Å². The number of alkyl halides is 1. The molecule has 0 aromatic heterocycles. The van der Waals surface area contributed by atoms with Gasteiger partial charge in [-0.2, -0.15) is 0 Å². The number of carboxylic acids is 1. The van der Waals surface area contributed by atoms with Crippen LogP contribution in [0.1, 0.15) is 12.8 Å². The molecule has 0 bridgehead atoms. The Morgan fingerprint density at radius 2 is 2.20 bits per heavy atom. The summed E-state index contributed by atoms with van der Waals surface area (Å²) in [5.41, 5.74) is 0. The summed E-state index contributed by atoms with van der Waals surface area (Å²) in [7, 11) is 0. The van der Waals surface area contributed by atoms with Crippen LogP contribution in [0.25, 0.3) is 0 Å². The first-order valence-electron chi connectivity index (χ1n) is 3.26. The van der Waals surface area contributed by atoms with E-state index in [-0.39, 0.29) is 6.54 Å². The number of halogens is 1. The van der Waals surface area contributed by atoms with Crippen molar-refractivity contribution in [3.63, 3.8) is 0 Å². The number of hydrogen-bond acceptors (Lipinski definition) is 2. The molecule has 0 heterocycles. The maximum atomic E-state index is 9.94. The predicted molar refractivity (Wildman–Crippen MR) is 40.5 cm³/mol. The molecule has 0 aromatic carbocycles. The summed E-state index contributed by atoms with van der Waals surface area (Å²) in [5, 5.41) is 10.9. The van der Waals surface area contributed by atoms with E-state index in [9.17, 15) is 4.79 Å². The lowest BCUT2D eigenvalue weighted by atomic mass is 10.3. The van der Waals surface area contributed by atoms with Crippen molar-refractivity contribution in [2.45, 2.75) is 12.8 Å². The fourth-order valence-corrected chi connectivity index (χ4v) is 0.729. The monoisotopic (exact) mass is 165 g/mol. The normalized spacial score (nSPS) is 9.70. The standard InChI is InChI=1S/C6H12ClNO2/c7-3-1-2-4-8-5-6(9)10/h8H,1-5H2,(H,9,10). The Morgan fingerprint density at radius 3 is 2.70 bits per heavy atom. The highest BCUT2D eigenvalue weighted by atomic mass is 35.5. The highest BCUT2D eigenvalue weighted by molar-refractivity contribution is 6.17. The zero-order chi connectivity index (χ0) is 7.82. The van der Waals surface area contributed by atoms with Crippen LogP contribution in [0.3, 0.4) is 0 Å². The molecule has 0 saturated carbocycles. The van der Waals surface area contributed by atoms with E-state index in [4.69, 9.17) is 16.7 Å². The van der Waals surface area contributed by atoms with E-state index in [1.54, 1.807) is 0 Å². The van der Waals surface area contributed by atoms with Crippen LogP contribution in [0.2, 0.25) is 0 Å². The van der Waals surface area contributed by atoms with E-state index in [2.05, 4.69) is 5.32 Å². The molecule has 0 fully saturated rings. The summed E-state index contributed by atoms with van der Waals surface area (Å²) in [6, 6.07) is 0. The molecule has 10 heavy (non-hydrogen) atoms. The van der Waals surface area contributed by atoms with Crippen LogP contribution in [0, 0.1) is 0 Å². The molecule has 0 aliphatic carbocycles. The lowest BCUT2D eigenvalue weighted by Gasteiger charge is -1.98. The smallest absolute Gasteiger partial charge is 0.317 e. The molecule has 2 N–H and O–H groups in total. The van der Waals surface area contributed by atoms with E-state index in [0.29, 0.717) is 5.88 Å². The Hall–Kier alpha value is -0.280. The largest absolute Gasteiger partial charge is 0.480 e. The molecule has 60 valence electrons. The number of rotatable bonds is 6. The number of nitrogens with one attached hydrogen (secondary N) is 1. The zero-order valence-electron chi connectivity index (χ0n) is 5.77. The van der Waals surface area contributed by atoms with Crippen molar-refractivity contribution in [2.24, 2.45) is 0 Å². The minimum atomic E-state index is -0.814. The molecule has 0 unspecified atom stereocenters. The Morgan fingerprint density at radius 1 is 1.50 bits per heavy atom. The van der Waals surface area contributed by atoms with Gasteiger partial charge in [-0.1, -0.05) is 0 Å². The number of carboxylic acid groups (broad SMARTS) is 1. The van der Waals surface area contributed by atoms with E-state index in [0.717, 1.165) is 19.4 Å². The summed E-state index contributed by atoms with van der Waals surface area (Å²) in [4.78, 5) is 9.94. The van der Waals surface area contributed by atoms with Crippen LogP contribution in [0.5, 0.6) is 0 Å². The first-order valence-corrected chi connectivity index (χ1v) is 3.79. The Labute approximate surface area is 65.4 Å². The lowest BCUT2D eigenvalue weighted by Crippen LogP contribution is -2.23. The first kappa shape index (κ1) is 9.72. The first-order chi connectivity index (χ1) is 4.77. The molecule has 3 nitrogen and oxygen atoms in total. The van der Waals surface area contributed by atoms with E-state index < -0.39 is 5.97 Å². The highest BCUT2D eigenvalue weighted by Crippen LogP contribution is 1.88. The van der Waals surface area contributed by atoms with Crippen LogP contribution < -0.4 is 5.32 Å². The lowest BCUT2D eigenvalue weighted by molar-refractivity contribution is -0.135. The van der Waals surface area contributed by atoms with Gasteiger partial charge in [-0.3, -0.25) is 4.79 Å². The fraction of sp³-hybridized carbons (Fsp3) is 0.833. The molecule has 0 atom stereocenters. The van der Waals surface area contributed by atoms with E-state index in [1.807, 2.05) is 0 Å². The second-order valence-corrected chi connectivity index (χ2v) is 2.34. The van der Waals surface area contributed by atoms with Gasteiger partial charge in [0.1, 0.15) is 0 Å². The van der Waals surface area contributed by atoms with Crippen LogP contribution in [-0.2, 0) is 4.79 Å². The average Bonchev–Trinajstić information content (AvgIpc) is 1.87. The molecule has 0 spiro atoms. The van der Waals surface area contributed by atoms with Crippen LogP contribution in [0.4, 0.5) is 0 Å². The van der Waals surface area contributed by atoms with Crippen molar-refractivity contribution in [3.8, 4) is 0 Å². The van der Waals surface area contributed by atoms with E-state index in [1.165, 1.54) is 0 Å². The number of unbranched alkanes of at least 4 members (excludes halogenated alkanes) is 1. The number of carbonyl (C=O) groups is 1. The van der Waals surface area contributed by atoms with Crippen LogP contribution in [-0.4, -0.2) is 30.0 Å². The van der Waals surface area contributed by atoms with Gasteiger partial charge in [0.15, 0.2) is 0 Å². The minimum Gasteiger partial charge on any atom is -0.480 e. The average molecular weight is 166 g/mol. The van der Waals surface area contributed by atoms with Crippen molar-refractivity contribution >= 4 is 17.6 Å². The molecule has 0 rings (SSSR count). The third-order valence-corrected chi connectivity index (χ3v) is 1.28. The summed E-state index contributed by atoms with van der Waals surface area (Å²) in [5.74, 6) is -0.166. The van der Waals surface area contributed by atoms with Gasteiger partial charge in [-0.25, -0.2) is 0 Å². The van der Waals surface area contributed by atoms with Crippen molar-refractivity contribution in [2.75, 3.05) is 19.0 Å². The maximum absolute atomic E-state index is 9.94. The Kier molecular flexibility index (Phi) is 6.64. The molecule has 0 saturated heterocycles.